The van der Waals surface area contributed by atoms with Crippen LogP contribution in [0.1, 0.15) is 45.3 Å². The quantitative estimate of drug-likeness (QED) is 0.602. The van der Waals surface area contributed by atoms with Gasteiger partial charge in [-0.1, -0.05) is 17.7 Å². The zero-order chi connectivity index (χ0) is 21.1. The van der Waals surface area contributed by atoms with Crippen LogP contribution in [0.4, 0.5) is 0 Å². The molecule has 3 aromatic rings. The van der Waals surface area contributed by atoms with Crippen molar-refractivity contribution in [1.82, 2.24) is 20.1 Å². The van der Waals surface area contributed by atoms with Crippen LogP contribution in [0.15, 0.2) is 29.8 Å². The molecule has 7 nitrogen and oxygen atoms in total. The Balaban J connectivity index is 1.68. The molecule has 2 aromatic heterocycles. The van der Waals surface area contributed by atoms with Gasteiger partial charge in [0.1, 0.15) is 11.8 Å². The van der Waals surface area contributed by atoms with Crippen molar-refractivity contribution >= 4 is 34.6 Å². The molecule has 1 aromatic carbocycles. The summed E-state index contributed by atoms with van der Waals surface area (Å²) >= 11 is 7.40. The Labute approximate surface area is 177 Å². The van der Waals surface area contributed by atoms with Crippen LogP contribution in [0.25, 0.3) is 11.3 Å². The van der Waals surface area contributed by atoms with Crippen molar-refractivity contribution in [2.24, 2.45) is 0 Å². The Morgan fingerprint density at radius 1 is 1.38 bits per heavy atom. The van der Waals surface area contributed by atoms with Gasteiger partial charge in [-0.25, -0.2) is 4.98 Å². The van der Waals surface area contributed by atoms with Gasteiger partial charge in [-0.3, -0.25) is 14.3 Å². The molecule has 9 heteroatoms. The average Bonchev–Trinajstić information content (AvgIpc) is 3.33. The van der Waals surface area contributed by atoms with Gasteiger partial charge in [-0.2, -0.15) is 10.4 Å². The minimum atomic E-state index is -0.330. The van der Waals surface area contributed by atoms with Gasteiger partial charge in [0.05, 0.1) is 22.8 Å². The molecule has 1 amide bonds. The van der Waals surface area contributed by atoms with Crippen molar-refractivity contribution < 1.29 is 9.59 Å². The number of amides is 1. The zero-order valence-corrected chi connectivity index (χ0v) is 17.6. The third-order valence-electron chi connectivity index (χ3n) is 4.30. The summed E-state index contributed by atoms with van der Waals surface area (Å²) in [4.78, 5) is 27.7. The van der Waals surface area contributed by atoms with Crippen LogP contribution < -0.4 is 5.32 Å². The Bertz CT molecular complexity index is 1130. The third-order valence-corrected chi connectivity index (χ3v) is 5.73. The fraction of sp³-hybridized carbons (Fsp3) is 0.250. The highest BCUT2D eigenvalue weighted by Crippen LogP contribution is 2.29. The molecular formula is C20H18ClN5O2S. The van der Waals surface area contributed by atoms with Crippen molar-refractivity contribution in [2.45, 2.75) is 33.4 Å². The summed E-state index contributed by atoms with van der Waals surface area (Å²) in [6.07, 6.45) is 1.82. The normalized spacial score (nSPS) is 11.7. The molecule has 1 N–H and O–H groups in total. The number of nitrogens with one attached hydrogen (secondary N) is 1. The van der Waals surface area contributed by atoms with Gasteiger partial charge < -0.3 is 5.32 Å². The fourth-order valence-electron chi connectivity index (χ4n) is 2.82. The molecule has 1 unspecified atom stereocenters. The van der Waals surface area contributed by atoms with E-state index in [0.717, 1.165) is 28.2 Å². The molecule has 0 aliphatic heterocycles. The molecule has 0 spiro atoms. The number of nitrogens with zero attached hydrogens (tertiary/aromatic N) is 4. The Morgan fingerprint density at radius 2 is 2.14 bits per heavy atom. The van der Waals surface area contributed by atoms with E-state index >= 15 is 0 Å². The number of Topliss-reactive ketones (excluding diaryl/α,β-unsaturated/α-hetero) is 1. The highest BCUT2D eigenvalue weighted by molar-refractivity contribution is 7.11. The number of hydrogen-bond acceptors (Lipinski definition) is 6. The number of ketones is 1. The second kappa shape index (κ2) is 8.55. The molecular weight excluding hydrogens is 410 g/mol. The van der Waals surface area contributed by atoms with Crippen LogP contribution in [0.2, 0.25) is 5.02 Å². The summed E-state index contributed by atoms with van der Waals surface area (Å²) in [6.45, 7) is 5.59. The van der Waals surface area contributed by atoms with E-state index in [4.69, 9.17) is 16.9 Å². The van der Waals surface area contributed by atoms with Crippen molar-refractivity contribution in [3.8, 4) is 17.3 Å². The lowest BCUT2D eigenvalue weighted by Crippen LogP contribution is -2.36. The van der Waals surface area contributed by atoms with E-state index in [9.17, 15) is 9.59 Å². The van der Waals surface area contributed by atoms with Crippen LogP contribution in [-0.4, -0.2) is 32.5 Å². The van der Waals surface area contributed by atoms with Gasteiger partial charge in [0, 0.05) is 30.1 Å². The summed E-state index contributed by atoms with van der Waals surface area (Å²) in [5, 5.41) is 18.8. The topological polar surface area (TPSA) is 101 Å². The first kappa shape index (κ1) is 20.7. The zero-order valence-electron chi connectivity index (χ0n) is 16.1. The summed E-state index contributed by atoms with van der Waals surface area (Å²) in [5.74, 6) is -0.493. The van der Waals surface area contributed by atoms with Crippen LogP contribution in [0, 0.1) is 18.3 Å². The lowest BCUT2D eigenvalue weighted by atomic mass is 10.0. The highest BCUT2D eigenvalue weighted by atomic mass is 35.5. The average molecular weight is 428 g/mol. The minimum Gasteiger partial charge on any atom is -0.346 e. The van der Waals surface area contributed by atoms with Crippen LogP contribution >= 0.6 is 22.9 Å². The van der Waals surface area contributed by atoms with Crippen LogP contribution in [0.3, 0.4) is 0 Å². The summed E-state index contributed by atoms with van der Waals surface area (Å²) in [7, 11) is 0. The first-order valence-electron chi connectivity index (χ1n) is 8.80. The summed E-state index contributed by atoms with van der Waals surface area (Å²) in [5.41, 5.74) is 3.04. The van der Waals surface area contributed by atoms with E-state index in [-0.39, 0.29) is 23.4 Å². The van der Waals surface area contributed by atoms with Gasteiger partial charge in [0.25, 0.3) is 5.91 Å². The van der Waals surface area contributed by atoms with Gasteiger partial charge in [0.15, 0.2) is 10.8 Å². The van der Waals surface area contributed by atoms with E-state index in [1.165, 1.54) is 6.92 Å². The molecule has 0 bridgehead atoms. The third kappa shape index (κ3) is 4.53. The Hall–Kier alpha value is -3.02. The molecule has 148 valence electrons. The number of aromatic nitrogens is 3. The maximum atomic E-state index is 12.3. The Morgan fingerprint density at radius 3 is 2.79 bits per heavy atom. The molecule has 29 heavy (non-hydrogen) atoms. The molecule has 0 aliphatic rings. The molecule has 0 radical (unpaired) electrons. The maximum Gasteiger partial charge on any atom is 0.271 e. The number of thiazole rings is 1. The second-order valence-corrected chi connectivity index (χ2v) is 7.84. The fourth-order valence-corrected chi connectivity index (χ4v) is 3.73. The van der Waals surface area contributed by atoms with Gasteiger partial charge in [0.2, 0.25) is 0 Å². The summed E-state index contributed by atoms with van der Waals surface area (Å²) in [6, 6.07) is 7.22. The SMILES string of the molecule is CC(=O)c1nc(C(=O)NC(C)Cn2ccc(-c3ccc(C#N)c(Cl)c3C)n2)cs1. The predicted octanol–water partition coefficient (Wildman–Crippen LogP) is 3.86. The molecule has 3 rings (SSSR count). The number of halogens is 1. The first-order chi connectivity index (χ1) is 13.8. The molecule has 0 saturated carbocycles. The minimum absolute atomic E-state index is 0.163. The van der Waals surface area contributed by atoms with Crippen molar-refractivity contribution in [3.05, 3.63) is 56.6 Å². The monoisotopic (exact) mass is 427 g/mol. The van der Waals surface area contributed by atoms with Gasteiger partial charge in [-0.15, -0.1) is 11.3 Å². The van der Waals surface area contributed by atoms with E-state index in [0.29, 0.717) is 22.1 Å². The highest BCUT2D eigenvalue weighted by Gasteiger charge is 2.16. The van der Waals surface area contributed by atoms with Crippen molar-refractivity contribution in [1.29, 1.82) is 5.26 Å². The number of rotatable bonds is 6. The van der Waals surface area contributed by atoms with Crippen molar-refractivity contribution in [3.63, 3.8) is 0 Å². The maximum absolute atomic E-state index is 12.3. The molecule has 0 fully saturated rings. The smallest absolute Gasteiger partial charge is 0.271 e. The van der Waals surface area contributed by atoms with Crippen molar-refractivity contribution in [2.75, 3.05) is 0 Å². The lowest BCUT2D eigenvalue weighted by molar-refractivity contribution is 0.0931. The molecule has 0 aliphatic carbocycles. The van der Waals surface area contributed by atoms with Crippen LogP contribution in [0.5, 0.6) is 0 Å². The first-order valence-corrected chi connectivity index (χ1v) is 10.1. The van der Waals surface area contributed by atoms with Gasteiger partial charge >= 0.3 is 0 Å². The number of carbonyl (C=O) groups excluding carboxylic acids is 2. The van der Waals surface area contributed by atoms with E-state index in [1.807, 2.05) is 32.2 Å². The van der Waals surface area contributed by atoms with E-state index in [2.05, 4.69) is 21.5 Å². The number of carbonyl (C=O) groups is 2. The predicted molar refractivity (Wildman–Crippen MR) is 111 cm³/mol. The second-order valence-electron chi connectivity index (χ2n) is 6.60. The number of nitriles is 1. The molecule has 1 atom stereocenters. The standard InChI is InChI=1S/C20H18ClN5O2S/c1-11(23-19(28)17-10-29-20(24-17)13(3)27)9-26-7-6-16(25-26)15-5-4-14(8-22)18(21)12(15)2/h4-7,10-11H,9H2,1-3H3,(H,23,28). The van der Waals surface area contributed by atoms with E-state index < -0.39 is 0 Å². The molecule has 0 saturated heterocycles. The van der Waals surface area contributed by atoms with Gasteiger partial charge in [-0.05, 0) is 31.5 Å². The Kier molecular flexibility index (Phi) is 6.11. The van der Waals surface area contributed by atoms with E-state index in [1.54, 1.807) is 16.1 Å². The number of hydrogen-bond donors (Lipinski definition) is 1. The number of benzene rings is 1. The largest absolute Gasteiger partial charge is 0.346 e. The van der Waals surface area contributed by atoms with Crippen LogP contribution in [-0.2, 0) is 6.54 Å². The molecule has 2 heterocycles. The lowest BCUT2D eigenvalue weighted by Gasteiger charge is -2.13. The summed E-state index contributed by atoms with van der Waals surface area (Å²) < 4.78 is 1.73.